The van der Waals surface area contributed by atoms with Gasteiger partial charge in [0, 0.05) is 17.5 Å². The molecule has 0 bridgehead atoms. The highest BCUT2D eigenvalue weighted by atomic mass is 32.2. The number of hydrogen-bond donors (Lipinski definition) is 1. The van der Waals surface area contributed by atoms with E-state index in [0.29, 0.717) is 34.5 Å². The summed E-state index contributed by atoms with van der Waals surface area (Å²) in [6.45, 7) is 3.82. The Labute approximate surface area is 181 Å². The summed E-state index contributed by atoms with van der Waals surface area (Å²) in [5, 5.41) is 0.547. The summed E-state index contributed by atoms with van der Waals surface area (Å²) in [6.07, 6.45) is 0.472. The number of methoxy groups -OCH3 is 2. The molecule has 2 aromatic carbocycles. The summed E-state index contributed by atoms with van der Waals surface area (Å²) in [5.74, 6) is 0.695. The smallest absolute Gasteiger partial charge is 0.374 e. The van der Waals surface area contributed by atoms with Crippen LogP contribution >= 0.6 is 0 Å². The monoisotopic (exact) mass is 447 g/mol. The van der Waals surface area contributed by atoms with Gasteiger partial charge in [0.1, 0.15) is 5.58 Å². The Kier molecular flexibility index (Phi) is 6.87. The minimum absolute atomic E-state index is 0.0767. The van der Waals surface area contributed by atoms with E-state index in [1.165, 1.54) is 18.2 Å². The van der Waals surface area contributed by atoms with Crippen LogP contribution in [0.5, 0.6) is 11.5 Å². The molecule has 8 nitrogen and oxygen atoms in total. The SMILES string of the molecule is CCOC(=O)c1oc2ccc(S(=O)(=O)NCCc3ccc(OC)c(OC)c3)cc2c1C. The number of carbonyl (C=O) groups excluding carboxylic acids is 1. The van der Waals surface area contributed by atoms with Gasteiger partial charge in [-0.1, -0.05) is 6.07 Å². The van der Waals surface area contributed by atoms with Crippen LogP contribution in [0.25, 0.3) is 11.0 Å². The van der Waals surface area contributed by atoms with E-state index in [-0.39, 0.29) is 23.8 Å². The molecule has 3 aromatic rings. The summed E-state index contributed by atoms with van der Waals surface area (Å²) in [7, 11) is -0.649. The number of hydrogen-bond acceptors (Lipinski definition) is 7. The number of nitrogens with one attached hydrogen (secondary N) is 1. The maximum Gasteiger partial charge on any atom is 0.374 e. The highest BCUT2D eigenvalue weighted by Crippen LogP contribution is 2.29. The summed E-state index contributed by atoms with van der Waals surface area (Å²) < 4.78 is 49.1. The van der Waals surface area contributed by atoms with Crippen molar-refractivity contribution in [1.82, 2.24) is 4.72 Å². The zero-order valence-corrected chi connectivity index (χ0v) is 18.7. The number of sulfonamides is 1. The van der Waals surface area contributed by atoms with Crippen LogP contribution in [0.4, 0.5) is 0 Å². The summed E-state index contributed by atoms with van der Waals surface area (Å²) in [5.41, 5.74) is 1.86. The molecule has 0 aliphatic rings. The predicted molar refractivity (Wildman–Crippen MR) is 115 cm³/mol. The Bertz CT molecular complexity index is 1200. The predicted octanol–water partition coefficient (Wildman–Crippen LogP) is 3.46. The lowest BCUT2D eigenvalue weighted by Gasteiger charge is -2.10. The molecule has 0 fully saturated rings. The van der Waals surface area contributed by atoms with Gasteiger partial charge in [0.05, 0.1) is 25.7 Å². The molecule has 0 saturated carbocycles. The Morgan fingerprint density at radius 1 is 1.06 bits per heavy atom. The van der Waals surface area contributed by atoms with Crippen LogP contribution in [0.3, 0.4) is 0 Å². The Balaban J connectivity index is 1.76. The molecule has 1 N–H and O–H groups in total. The lowest BCUT2D eigenvalue weighted by atomic mass is 10.1. The first-order valence-electron chi connectivity index (χ1n) is 9.71. The summed E-state index contributed by atoms with van der Waals surface area (Å²) >= 11 is 0. The number of rotatable bonds is 9. The number of fused-ring (bicyclic) bond motifs is 1. The first-order valence-corrected chi connectivity index (χ1v) is 11.2. The molecule has 0 unspecified atom stereocenters. The highest BCUT2D eigenvalue weighted by molar-refractivity contribution is 7.89. The van der Waals surface area contributed by atoms with Crippen LogP contribution in [0.2, 0.25) is 0 Å². The van der Waals surface area contributed by atoms with E-state index in [2.05, 4.69) is 4.72 Å². The Morgan fingerprint density at radius 3 is 2.48 bits per heavy atom. The first kappa shape index (κ1) is 22.6. The average molecular weight is 448 g/mol. The molecular weight excluding hydrogens is 422 g/mol. The number of carbonyl (C=O) groups is 1. The van der Waals surface area contributed by atoms with Gasteiger partial charge in [-0.2, -0.15) is 0 Å². The maximum atomic E-state index is 12.8. The summed E-state index contributed by atoms with van der Waals surface area (Å²) in [4.78, 5) is 12.1. The molecule has 31 heavy (non-hydrogen) atoms. The van der Waals surface area contributed by atoms with Crippen molar-refractivity contribution < 1.29 is 31.8 Å². The van der Waals surface area contributed by atoms with Crippen molar-refractivity contribution in [3.63, 3.8) is 0 Å². The second-order valence-corrected chi connectivity index (χ2v) is 8.54. The molecule has 9 heteroatoms. The van der Waals surface area contributed by atoms with Gasteiger partial charge in [-0.05, 0) is 56.2 Å². The van der Waals surface area contributed by atoms with Crippen LogP contribution in [-0.2, 0) is 21.2 Å². The minimum Gasteiger partial charge on any atom is -0.493 e. The Morgan fingerprint density at radius 2 is 1.81 bits per heavy atom. The topological polar surface area (TPSA) is 104 Å². The fourth-order valence-electron chi connectivity index (χ4n) is 3.21. The highest BCUT2D eigenvalue weighted by Gasteiger charge is 2.21. The number of benzene rings is 2. The van der Waals surface area contributed by atoms with Crippen LogP contribution < -0.4 is 14.2 Å². The van der Waals surface area contributed by atoms with Gasteiger partial charge in [-0.3, -0.25) is 0 Å². The lowest BCUT2D eigenvalue weighted by Crippen LogP contribution is -2.26. The molecule has 3 rings (SSSR count). The number of aryl methyl sites for hydroxylation is 1. The van der Waals surface area contributed by atoms with Crippen molar-refractivity contribution in [1.29, 1.82) is 0 Å². The van der Waals surface area contributed by atoms with Gasteiger partial charge in [-0.25, -0.2) is 17.9 Å². The standard InChI is InChI=1S/C22H25NO7S/c1-5-29-22(24)21-14(2)17-13-16(7-9-18(17)30-21)31(25,26)23-11-10-15-6-8-19(27-3)20(12-15)28-4/h6-9,12-13,23H,5,10-11H2,1-4H3. The molecular formula is C22H25NO7S. The van der Waals surface area contributed by atoms with Gasteiger partial charge in [0.15, 0.2) is 11.5 Å². The van der Waals surface area contributed by atoms with Crippen molar-refractivity contribution in [2.45, 2.75) is 25.2 Å². The second kappa shape index (κ2) is 9.40. The molecule has 0 atom stereocenters. The zero-order valence-electron chi connectivity index (χ0n) is 17.9. The van der Waals surface area contributed by atoms with Crippen molar-refractivity contribution in [3.8, 4) is 11.5 Å². The molecule has 0 aliphatic heterocycles. The summed E-state index contributed by atoms with van der Waals surface area (Å²) in [6, 6.07) is 9.92. The number of furan rings is 1. The van der Waals surface area contributed by atoms with Crippen molar-refractivity contribution >= 4 is 27.0 Å². The molecule has 0 amide bonds. The molecule has 1 heterocycles. The lowest BCUT2D eigenvalue weighted by molar-refractivity contribution is 0.0491. The van der Waals surface area contributed by atoms with E-state index in [9.17, 15) is 13.2 Å². The van der Waals surface area contributed by atoms with E-state index in [0.717, 1.165) is 5.56 Å². The van der Waals surface area contributed by atoms with Crippen molar-refractivity contribution in [2.24, 2.45) is 0 Å². The van der Waals surface area contributed by atoms with Gasteiger partial charge >= 0.3 is 5.97 Å². The van der Waals surface area contributed by atoms with Gasteiger partial charge in [0.2, 0.25) is 15.8 Å². The van der Waals surface area contributed by atoms with Crippen LogP contribution in [0.1, 0.15) is 28.6 Å². The third-order valence-corrected chi connectivity index (χ3v) is 6.29. The van der Waals surface area contributed by atoms with Gasteiger partial charge in [0.25, 0.3) is 0 Å². The largest absolute Gasteiger partial charge is 0.493 e. The van der Waals surface area contributed by atoms with E-state index < -0.39 is 16.0 Å². The number of ether oxygens (including phenoxy) is 3. The van der Waals surface area contributed by atoms with Crippen LogP contribution in [-0.4, -0.2) is 41.8 Å². The van der Waals surface area contributed by atoms with E-state index in [4.69, 9.17) is 18.6 Å². The van der Waals surface area contributed by atoms with E-state index in [1.54, 1.807) is 34.1 Å². The molecule has 0 radical (unpaired) electrons. The molecule has 166 valence electrons. The first-order chi connectivity index (χ1) is 14.8. The normalized spacial score (nSPS) is 11.5. The minimum atomic E-state index is -3.75. The van der Waals surface area contributed by atoms with Crippen LogP contribution in [0.15, 0.2) is 45.7 Å². The van der Waals surface area contributed by atoms with Crippen molar-refractivity contribution in [2.75, 3.05) is 27.4 Å². The van der Waals surface area contributed by atoms with E-state index >= 15 is 0 Å². The van der Waals surface area contributed by atoms with Gasteiger partial charge in [-0.15, -0.1) is 0 Å². The van der Waals surface area contributed by atoms with E-state index in [1.807, 2.05) is 12.1 Å². The quantitative estimate of drug-likeness (QED) is 0.501. The Hall–Kier alpha value is -3.04. The van der Waals surface area contributed by atoms with Gasteiger partial charge < -0.3 is 18.6 Å². The molecule has 0 spiro atoms. The average Bonchev–Trinajstić information content (AvgIpc) is 3.09. The second-order valence-electron chi connectivity index (χ2n) is 6.77. The maximum absolute atomic E-state index is 12.8. The molecule has 1 aromatic heterocycles. The third-order valence-electron chi connectivity index (χ3n) is 4.83. The van der Waals surface area contributed by atoms with Crippen molar-refractivity contribution in [3.05, 3.63) is 53.3 Å². The molecule has 0 saturated heterocycles. The third kappa shape index (κ3) is 4.83. The van der Waals surface area contributed by atoms with Crippen LogP contribution in [0, 0.1) is 6.92 Å². The fraction of sp³-hybridized carbons (Fsp3) is 0.318. The number of esters is 1. The molecule has 0 aliphatic carbocycles. The fourth-order valence-corrected chi connectivity index (χ4v) is 4.27. The zero-order chi connectivity index (χ0) is 22.6.